The maximum absolute atomic E-state index is 3.88. The number of hydrogen-bond donors (Lipinski definition) is 1. The lowest BCUT2D eigenvalue weighted by atomic mass is 10.3. The predicted molar refractivity (Wildman–Crippen MR) is 70.1 cm³/mol. The molecule has 1 heterocycles. The van der Waals surface area contributed by atoms with Gasteiger partial charge in [0.1, 0.15) is 0 Å². The number of para-hydroxylation sites is 1. The molecular formula is C13H24N2. The Morgan fingerprint density at radius 1 is 0.867 bits per heavy atom. The smallest absolute Gasteiger partial charge is 0.0650 e. The molecule has 0 atom stereocenters. The molecule has 0 spiro atoms. The van der Waals surface area contributed by atoms with Crippen LogP contribution in [0.2, 0.25) is 0 Å². The maximum Gasteiger partial charge on any atom is 0.0650 e. The van der Waals surface area contributed by atoms with Gasteiger partial charge in [0.15, 0.2) is 0 Å². The summed E-state index contributed by atoms with van der Waals surface area (Å²) < 4.78 is 0. The number of rotatable bonds is 0. The van der Waals surface area contributed by atoms with Gasteiger partial charge in [-0.05, 0) is 6.07 Å². The van der Waals surface area contributed by atoms with Crippen molar-refractivity contribution in [1.82, 2.24) is 10.2 Å². The van der Waals surface area contributed by atoms with Crippen molar-refractivity contribution in [2.45, 2.75) is 41.5 Å². The number of aromatic nitrogens is 2. The molecule has 2 rings (SSSR count). The molecule has 1 aromatic carbocycles. The number of H-pyrrole nitrogens is 1. The zero-order valence-corrected chi connectivity index (χ0v) is 10.8. The van der Waals surface area contributed by atoms with Gasteiger partial charge in [0, 0.05) is 5.39 Å². The minimum atomic E-state index is 1.09. The number of aromatic amines is 1. The number of nitrogens with one attached hydrogen (secondary N) is 1. The van der Waals surface area contributed by atoms with Gasteiger partial charge >= 0.3 is 0 Å². The van der Waals surface area contributed by atoms with Crippen molar-refractivity contribution in [3.05, 3.63) is 30.5 Å². The highest BCUT2D eigenvalue weighted by atomic mass is 15.1. The molecule has 0 aliphatic carbocycles. The highest BCUT2D eigenvalue weighted by Gasteiger charge is 1.88. The fourth-order valence-corrected chi connectivity index (χ4v) is 0.883. The van der Waals surface area contributed by atoms with Crippen LogP contribution in [0.3, 0.4) is 0 Å². The third kappa shape index (κ3) is 5.89. The first-order chi connectivity index (χ1) is 7.47. The normalized spacial score (nSPS) is 7.33. The molecule has 0 bridgehead atoms. The van der Waals surface area contributed by atoms with Crippen LogP contribution in [-0.4, -0.2) is 10.2 Å². The second-order valence-corrected chi connectivity index (χ2v) is 1.96. The average molecular weight is 208 g/mol. The lowest BCUT2D eigenvalue weighted by molar-refractivity contribution is 1.12. The molecule has 0 unspecified atom stereocenters. The summed E-state index contributed by atoms with van der Waals surface area (Å²) in [5.41, 5.74) is 1.09. The monoisotopic (exact) mass is 208 g/mol. The highest BCUT2D eigenvalue weighted by molar-refractivity contribution is 5.77. The van der Waals surface area contributed by atoms with Gasteiger partial charge in [-0.3, -0.25) is 5.10 Å². The van der Waals surface area contributed by atoms with E-state index in [1.807, 2.05) is 72.0 Å². The summed E-state index contributed by atoms with van der Waals surface area (Å²) in [6.07, 6.45) is 1.81. The molecule has 0 fully saturated rings. The Morgan fingerprint density at radius 2 is 1.40 bits per heavy atom. The SMILES string of the molecule is CC.CC.CC.c1ccc2[nH]ncc2c1. The van der Waals surface area contributed by atoms with Gasteiger partial charge in [-0.2, -0.15) is 5.10 Å². The van der Waals surface area contributed by atoms with Crippen molar-refractivity contribution in [2.75, 3.05) is 0 Å². The number of benzene rings is 1. The predicted octanol–water partition coefficient (Wildman–Crippen LogP) is 4.64. The summed E-state index contributed by atoms with van der Waals surface area (Å²) in [7, 11) is 0. The second kappa shape index (κ2) is 12.7. The molecule has 0 aliphatic rings. The van der Waals surface area contributed by atoms with E-state index in [4.69, 9.17) is 0 Å². The van der Waals surface area contributed by atoms with E-state index >= 15 is 0 Å². The van der Waals surface area contributed by atoms with Crippen molar-refractivity contribution in [3.8, 4) is 0 Å². The van der Waals surface area contributed by atoms with Crippen LogP contribution < -0.4 is 0 Å². The zero-order valence-electron chi connectivity index (χ0n) is 10.8. The number of fused-ring (bicyclic) bond motifs is 1. The van der Waals surface area contributed by atoms with Crippen LogP contribution >= 0.6 is 0 Å². The Kier molecular flexibility index (Phi) is 13.6. The molecule has 2 aromatic rings. The van der Waals surface area contributed by atoms with Gasteiger partial charge in [0.05, 0.1) is 11.7 Å². The summed E-state index contributed by atoms with van der Waals surface area (Å²) in [5, 5.41) is 7.91. The average Bonchev–Trinajstić information content (AvgIpc) is 2.85. The van der Waals surface area contributed by atoms with E-state index in [1.165, 1.54) is 0 Å². The van der Waals surface area contributed by atoms with Crippen LogP contribution in [0.4, 0.5) is 0 Å². The fourth-order valence-electron chi connectivity index (χ4n) is 0.883. The van der Waals surface area contributed by atoms with Crippen LogP contribution in [0, 0.1) is 0 Å². The Labute approximate surface area is 93.7 Å². The molecule has 0 saturated heterocycles. The molecule has 15 heavy (non-hydrogen) atoms. The van der Waals surface area contributed by atoms with Gasteiger partial charge in [-0.15, -0.1) is 0 Å². The minimum absolute atomic E-state index is 1.09. The third-order valence-corrected chi connectivity index (χ3v) is 1.35. The highest BCUT2D eigenvalue weighted by Crippen LogP contribution is 2.06. The van der Waals surface area contributed by atoms with Crippen LogP contribution in [-0.2, 0) is 0 Å². The van der Waals surface area contributed by atoms with E-state index in [0.29, 0.717) is 0 Å². The Bertz CT molecular complexity index is 283. The molecule has 0 saturated carbocycles. The summed E-state index contributed by atoms with van der Waals surface area (Å²) in [5.74, 6) is 0. The molecule has 2 heteroatoms. The van der Waals surface area contributed by atoms with E-state index in [1.54, 1.807) is 0 Å². The quantitative estimate of drug-likeness (QED) is 0.671. The Hall–Kier alpha value is -1.31. The lowest BCUT2D eigenvalue weighted by Gasteiger charge is -1.81. The van der Waals surface area contributed by atoms with E-state index in [2.05, 4.69) is 10.2 Å². The second-order valence-electron chi connectivity index (χ2n) is 1.96. The van der Waals surface area contributed by atoms with Crippen molar-refractivity contribution in [3.63, 3.8) is 0 Å². The Balaban J connectivity index is 0. The molecule has 86 valence electrons. The van der Waals surface area contributed by atoms with Crippen LogP contribution in [0.5, 0.6) is 0 Å². The van der Waals surface area contributed by atoms with E-state index in [9.17, 15) is 0 Å². The van der Waals surface area contributed by atoms with Crippen LogP contribution in [0.25, 0.3) is 10.9 Å². The van der Waals surface area contributed by atoms with Gasteiger partial charge in [0.2, 0.25) is 0 Å². The van der Waals surface area contributed by atoms with Gasteiger partial charge in [-0.25, -0.2) is 0 Å². The molecule has 0 radical (unpaired) electrons. The number of nitrogens with zero attached hydrogens (tertiary/aromatic N) is 1. The molecule has 0 aliphatic heterocycles. The standard InChI is InChI=1S/C7H6N2.3C2H6/c1-2-4-7-6(3-1)5-8-9-7;3*1-2/h1-5H,(H,8,9);3*1-2H3. The van der Waals surface area contributed by atoms with Gasteiger partial charge in [-0.1, -0.05) is 59.7 Å². The van der Waals surface area contributed by atoms with Gasteiger partial charge in [0.25, 0.3) is 0 Å². The fraction of sp³-hybridized carbons (Fsp3) is 0.462. The van der Waals surface area contributed by atoms with Crippen molar-refractivity contribution >= 4 is 10.9 Å². The van der Waals surface area contributed by atoms with Crippen molar-refractivity contribution in [2.24, 2.45) is 0 Å². The van der Waals surface area contributed by atoms with Crippen LogP contribution in [0.15, 0.2) is 30.5 Å². The summed E-state index contributed by atoms with van der Waals surface area (Å²) in [6.45, 7) is 12.0. The largest absolute Gasteiger partial charge is 0.278 e. The zero-order chi connectivity index (χ0) is 12.1. The summed E-state index contributed by atoms with van der Waals surface area (Å²) >= 11 is 0. The first kappa shape index (κ1) is 16.1. The Morgan fingerprint density at radius 3 is 1.93 bits per heavy atom. The molecular weight excluding hydrogens is 184 g/mol. The topological polar surface area (TPSA) is 28.7 Å². The van der Waals surface area contributed by atoms with E-state index in [0.717, 1.165) is 10.9 Å². The molecule has 2 nitrogen and oxygen atoms in total. The summed E-state index contributed by atoms with van der Waals surface area (Å²) in [4.78, 5) is 0. The molecule has 0 amide bonds. The summed E-state index contributed by atoms with van der Waals surface area (Å²) in [6, 6.07) is 8.01. The number of hydrogen-bond acceptors (Lipinski definition) is 1. The first-order valence-corrected chi connectivity index (χ1v) is 5.85. The first-order valence-electron chi connectivity index (χ1n) is 5.85. The van der Waals surface area contributed by atoms with E-state index in [-0.39, 0.29) is 0 Å². The molecule has 1 N–H and O–H groups in total. The third-order valence-electron chi connectivity index (χ3n) is 1.35. The van der Waals surface area contributed by atoms with Gasteiger partial charge < -0.3 is 0 Å². The molecule has 1 aromatic heterocycles. The minimum Gasteiger partial charge on any atom is -0.278 e. The lowest BCUT2D eigenvalue weighted by Crippen LogP contribution is -1.63. The van der Waals surface area contributed by atoms with Crippen molar-refractivity contribution < 1.29 is 0 Å². The van der Waals surface area contributed by atoms with Crippen molar-refractivity contribution in [1.29, 1.82) is 0 Å². The van der Waals surface area contributed by atoms with E-state index < -0.39 is 0 Å². The maximum atomic E-state index is 3.88. The van der Waals surface area contributed by atoms with Crippen LogP contribution in [0.1, 0.15) is 41.5 Å².